The molecule has 0 aliphatic heterocycles. The van der Waals surface area contributed by atoms with Crippen LogP contribution in [0.15, 0.2) is 46.9 Å². The predicted octanol–water partition coefficient (Wildman–Crippen LogP) is 5.85. The number of alkyl halides is 2. The van der Waals surface area contributed by atoms with Crippen LogP contribution in [0.2, 0.25) is 0 Å². The van der Waals surface area contributed by atoms with Gasteiger partial charge in [0.1, 0.15) is 5.82 Å². The van der Waals surface area contributed by atoms with Crippen LogP contribution in [0.5, 0.6) is 0 Å². The van der Waals surface area contributed by atoms with Gasteiger partial charge in [-0.25, -0.2) is 4.39 Å². The molecule has 0 aliphatic rings. The normalized spacial score (nSPS) is 11.7. The maximum Gasteiger partial charge on any atom is 0.123 e. The summed E-state index contributed by atoms with van der Waals surface area (Å²) in [5.74, 6) is 0.592. The largest absolute Gasteiger partial charge is 0.207 e. The van der Waals surface area contributed by atoms with Gasteiger partial charge in [-0.05, 0) is 54.3 Å². The second-order valence-electron chi connectivity index (χ2n) is 5.31. The monoisotopic (exact) mass is 388 g/mol. The molecule has 0 aromatic heterocycles. The molecule has 0 amide bonds. The van der Waals surface area contributed by atoms with Crippen LogP contribution in [0.4, 0.5) is 4.39 Å². The summed E-state index contributed by atoms with van der Waals surface area (Å²) >= 11 is 16.0. The second kappa shape index (κ2) is 7.13. The van der Waals surface area contributed by atoms with Gasteiger partial charge in [-0.1, -0.05) is 34.1 Å². The van der Waals surface area contributed by atoms with Crippen molar-refractivity contribution < 1.29 is 4.39 Å². The molecule has 2 aromatic rings. The first-order valence-corrected chi connectivity index (χ1v) is 8.50. The van der Waals surface area contributed by atoms with Gasteiger partial charge in [0.15, 0.2) is 0 Å². The Labute approximate surface area is 143 Å². The number of benzene rings is 2. The molecule has 0 radical (unpaired) electrons. The highest BCUT2D eigenvalue weighted by Crippen LogP contribution is 2.34. The van der Waals surface area contributed by atoms with Crippen LogP contribution in [-0.2, 0) is 11.8 Å². The van der Waals surface area contributed by atoms with Crippen LogP contribution in [0.3, 0.4) is 0 Å². The number of hydrogen-bond donors (Lipinski definition) is 0. The molecule has 2 rings (SSSR count). The van der Waals surface area contributed by atoms with Crippen molar-refractivity contribution in [2.45, 2.75) is 18.8 Å². The van der Waals surface area contributed by atoms with E-state index in [-0.39, 0.29) is 11.2 Å². The van der Waals surface area contributed by atoms with Crippen LogP contribution in [0.1, 0.15) is 16.7 Å². The molecule has 2 aromatic carbocycles. The first kappa shape index (κ1) is 16.8. The maximum atomic E-state index is 13.3. The summed E-state index contributed by atoms with van der Waals surface area (Å²) in [6.07, 6.45) is 0.683. The first-order chi connectivity index (χ1) is 10.0. The van der Waals surface area contributed by atoms with Gasteiger partial charge in [0.05, 0.1) is 0 Å². The molecule has 0 bridgehead atoms. The number of hydrogen-bond acceptors (Lipinski definition) is 0. The quantitative estimate of drug-likeness (QED) is 0.562. The zero-order valence-electron chi connectivity index (χ0n) is 11.7. The van der Waals surface area contributed by atoms with Gasteiger partial charge in [-0.2, -0.15) is 0 Å². The van der Waals surface area contributed by atoms with E-state index in [4.69, 9.17) is 23.2 Å². The maximum absolute atomic E-state index is 13.3. The molecule has 0 unspecified atom stereocenters. The van der Waals surface area contributed by atoms with E-state index in [9.17, 15) is 4.39 Å². The Morgan fingerprint density at radius 3 is 2.38 bits per heavy atom. The summed E-state index contributed by atoms with van der Waals surface area (Å²) in [6.45, 7) is 1.91. The summed E-state index contributed by atoms with van der Waals surface area (Å²) in [4.78, 5) is 0. The Kier molecular flexibility index (Phi) is 5.70. The molecule has 4 heteroatoms. The summed E-state index contributed by atoms with van der Waals surface area (Å²) in [6, 6.07) is 12.9. The van der Waals surface area contributed by atoms with E-state index in [1.807, 2.05) is 37.3 Å². The van der Waals surface area contributed by atoms with Crippen LogP contribution >= 0.6 is 39.1 Å². The molecule has 0 fully saturated rings. The van der Waals surface area contributed by atoms with Gasteiger partial charge in [-0.3, -0.25) is 0 Å². The third kappa shape index (κ3) is 3.80. The molecule has 0 atom stereocenters. The van der Waals surface area contributed by atoms with E-state index in [1.54, 1.807) is 6.07 Å². The van der Waals surface area contributed by atoms with Gasteiger partial charge in [0, 0.05) is 21.6 Å². The molecule has 0 heterocycles. The van der Waals surface area contributed by atoms with Crippen molar-refractivity contribution in [2.75, 3.05) is 11.8 Å². The predicted molar refractivity (Wildman–Crippen MR) is 92.1 cm³/mol. The molecule has 0 aliphatic carbocycles. The third-order valence-electron chi connectivity index (χ3n) is 3.78. The van der Waals surface area contributed by atoms with E-state index in [2.05, 4.69) is 15.9 Å². The van der Waals surface area contributed by atoms with E-state index in [0.717, 1.165) is 21.2 Å². The highest BCUT2D eigenvalue weighted by Gasteiger charge is 2.31. The number of aryl methyl sites for hydroxylation is 1. The molecule has 0 nitrogen and oxygen atoms in total. The van der Waals surface area contributed by atoms with Gasteiger partial charge in [-0.15, -0.1) is 23.2 Å². The number of rotatable bonds is 5. The Bertz CT molecular complexity index is 624. The molecule has 0 spiro atoms. The minimum absolute atomic E-state index is 0.221. The Balaban J connectivity index is 2.43. The Morgan fingerprint density at radius 2 is 1.81 bits per heavy atom. The topological polar surface area (TPSA) is 0 Å². The molecule has 0 saturated heterocycles. The van der Waals surface area contributed by atoms with Crippen LogP contribution in [0.25, 0.3) is 0 Å². The van der Waals surface area contributed by atoms with Crippen LogP contribution in [-0.4, -0.2) is 11.8 Å². The molecular formula is C17H16BrCl2F. The lowest BCUT2D eigenvalue weighted by Crippen LogP contribution is -2.33. The zero-order valence-corrected chi connectivity index (χ0v) is 14.8. The van der Waals surface area contributed by atoms with E-state index in [0.29, 0.717) is 18.2 Å². The molecular weight excluding hydrogens is 374 g/mol. The van der Waals surface area contributed by atoms with Crippen molar-refractivity contribution in [3.63, 3.8) is 0 Å². The Hall–Kier alpha value is -0.570. The van der Waals surface area contributed by atoms with Gasteiger partial charge in [0.2, 0.25) is 0 Å². The van der Waals surface area contributed by atoms with E-state index in [1.165, 1.54) is 6.07 Å². The standard InChI is InChI=1S/C17H16BrCl2F/c1-12-7-16(21)6-5-13(12)9-17(10-19,11-20)14-3-2-4-15(18)8-14/h2-8H,9-11H2,1H3. The summed E-state index contributed by atoms with van der Waals surface area (Å²) in [5, 5.41) is 0. The van der Waals surface area contributed by atoms with Crippen molar-refractivity contribution in [3.05, 3.63) is 69.4 Å². The van der Waals surface area contributed by atoms with Crippen molar-refractivity contribution in [1.82, 2.24) is 0 Å². The van der Waals surface area contributed by atoms with Crippen molar-refractivity contribution >= 4 is 39.1 Å². The van der Waals surface area contributed by atoms with E-state index < -0.39 is 0 Å². The Morgan fingerprint density at radius 1 is 1.10 bits per heavy atom. The minimum atomic E-state index is -0.366. The first-order valence-electron chi connectivity index (χ1n) is 6.64. The molecule has 0 saturated carbocycles. The zero-order chi connectivity index (χ0) is 15.5. The molecule has 112 valence electrons. The van der Waals surface area contributed by atoms with Gasteiger partial charge >= 0.3 is 0 Å². The molecule has 0 N–H and O–H groups in total. The van der Waals surface area contributed by atoms with Crippen molar-refractivity contribution in [2.24, 2.45) is 0 Å². The summed E-state index contributed by atoms with van der Waals surface area (Å²) in [5.41, 5.74) is 2.71. The fraction of sp³-hybridized carbons (Fsp3) is 0.294. The third-order valence-corrected chi connectivity index (χ3v) is 5.30. The van der Waals surface area contributed by atoms with Gasteiger partial charge < -0.3 is 0 Å². The van der Waals surface area contributed by atoms with Crippen molar-refractivity contribution in [1.29, 1.82) is 0 Å². The average Bonchev–Trinajstić information content (AvgIpc) is 2.47. The fourth-order valence-electron chi connectivity index (χ4n) is 2.43. The molecule has 21 heavy (non-hydrogen) atoms. The highest BCUT2D eigenvalue weighted by molar-refractivity contribution is 9.10. The lowest BCUT2D eigenvalue weighted by atomic mass is 9.78. The van der Waals surface area contributed by atoms with Gasteiger partial charge in [0.25, 0.3) is 0 Å². The average molecular weight is 390 g/mol. The summed E-state index contributed by atoms with van der Waals surface area (Å²) < 4.78 is 14.3. The highest BCUT2D eigenvalue weighted by atomic mass is 79.9. The lowest BCUT2D eigenvalue weighted by Gasteiger charge is -2.31. The SMILES string of the molecule is Cc1cc(F)ccc1CC(CCl)(CCl)c1cccc(Br)c1. The minimum Gasteiger partial charge on any atom is -0.207 e. The smallest absolute Gasteiger partial charge is 0.123 e. The van der Waals surface area contributed by atoms with E-state index >= 15 is 0 Å². The second-order valence-corrected chi connectivity index (χ2v) is 6.76. The van der Waals surface area contributed by atoms with Crippen LogP contribution in [0, 0.1) is 12.7 Å². The fourth-order valence-corrected chi connectivity index (χ4v) is 3.61. The number of halogens is 4. The van der Waals surface area contributed by atoms with Crippen molar-refractivity contribution in [3.8, 4) is 0 Å². The lowest BCUT2D eigenvalue weighted by molar-refractivity contribution is 0.533. The summed E-state index contributed by atoms with van der Waals surface area (Å²) in [7, 11) is 0. The van der Waals surface area contributed by atoms with Crippen LogP contribution < -0.4 is 0 Å².